The van der Waals surface area contributed by atoms with Crippen LogP contribution in [0.5, 0.6) is 17.2 Å². The van der Waals surface area contributed by atoms with E-state index in [0.29, 0.717) is 29.4 Å². The number of amides is 1. The van der Waals surface area contributed by atoms with Crippen LogP contribution in [0.15, 0.2) is 48.5 Å². The highest BCUT2D eigenvalue weighted by Gasteiger charge is 2.21. The number of carbonyl (C=O) groups is 2. The lowest BCUT2D eigenvalue weighted by Crippen LogP contribution is -2.42. The summed E-state index contributed by atoms with van der Waals surface area (Å²) in [7, 11) is 0. The molecule has 1 aliphatic rings. The molecular formula is C21H23NO6. The van der Waals surface area contributed by atoms with Gasteiger partial charge in [0.05, 0.1) is 18.2 Å². The molecule has 148 valence electrons. The van der Waals surface area contributed by atoms with E-state index in [-0.39, 0.29) is 25.4 Å². The van der Waals surface area contributed by atoms with E-state index < -0.39 is 11.9 Å². The quantitative estimate of drug-likeness (QED) is 0.738. The Morgan fingerprint density at radius 1 is 1.11 bits per heavy atom. The van der Waals surface area contributed by atoms with E-state index in [2.05, 4.69) is 5.32 Å². The van der Waals surface area contributed by atoms with Crippen molar-refractivity contribution in [2.45, 2.75) is 26.1 Å². The third-order valence-electron chi connectivity index (χ3n) is 3.89. The number of ether oxygens (including phenoxy) is 4. The Bertz CT molecular complexity index is 818. The van der Waals surface area contributed by atoms with Gasteiger partial charge < -0.3 is 24.3 Å². The Hall–Kier alpha value is -3.22. The molecule has 0 spiro atoms. The van der Waals surface area contributed by atoms with Crippen molar-refractivity contribution < 1.29 is 28.5 Å². The average Bonchev–Trinajstić information content (AvgIpc) is 2.70. The zero-order valence-corrected chi connectivity index (χ0v) is 15.8. The first-order valence-electron chi connectivity index (χ1n) is 9.10. The van der Waals surface area contributed by atoms with E-state index in [0.717, 1.165) is 0 Å². The van der Waals surface area contributed by atoms with E-state index in [9.17, 15) is 9.59 Å². The van der Waals surface area contributed by atoms with Gasteiger partial charge in [0.15, 0.2) is 18.1 Å². The molecule has 1 amide bonds. The molecule has 2 aromatic rings. The molecule has 0 unspecified atom stereocenters. The first-order chi connectivity index (χ1) is 13.5. The minimum Gasteiger partial charge on any atom is -0.491 e. The Balaban J connectivity index is 1.40. The van der Waals surface area contributed by atoms with Crippen LogP contribution in [-0.2, 0) is 9.53 Å². The van der Waals surface area contributed by atoms with Gasteiger partial charge in [-0.25, -0.2) is 4.79 Å². The maximum atomic E-state index is 12.0. The molecule has 1 heterocycles. The van der Waals surface area contributed by atoms with E-state index >= 15 is 0 Å². The summed E-state index contributed by atoms with van der Waals surface area (Å²) in [6.45, 7) is 4.06. The van der Waals surface area contributed by atoms with Crippen LogP contribution in [0.25, 0.3) is 0 Å². The molecule has 1 aliphatic heterocycles. The van der Waals surface area contributed by atoms with E-state index in [1.165, 1.54) is 0 Å². The van der Waals surface area contributed by atoms with E-state index in [4.69, 9.17) is 18.9 Å². The summed E-state index contributed by atoms with van der Waals surface area (Å²) >= 11 is 0. The smallest absolute Gasteiger partial charge is 0.338 e. The van der Waals surface area contributed by atoms with Gasteiger partial charge in [-0.15, -0.1) is 0 Å². The molecule has 0 fully saturated rings. The fourth-order valence-electron chi connectivity index (χ4n) is 2.60. The molecule has 28 heavy (non-hydrogen) atoms. The second-order valence-electron chi connectivity index (χ2n) is 6.57. The Labute approximate surface area is 163 Å². The van der Waals surface area contributed by atoms with Crippen molar-refractivity contribution in [3.8, 4) is 17.2 Å². The van der Waals surface area contributed by atoms with Crippen molar-refractivity contribution in [2.75, 3.05) is 19.8 Å². The monoisotopic (exact) mass is 385 g/mol. The van der Waals surface area contributed by atoms with Crippen molar-refractivity contribution >= 4 is 11.9 Å². The second-order valence-corrected chi connectivity index (χ2v) is 6.57. The molecule has 7 heteroatoms. The number of para-hydroxylation sites is 2. The summed E-state index contributed by atoms with van der Waals surface area (Å²) in [5, 5.41) is 2.68. The summed E-state index contributed by atoms with van der Waals surface area (Å²) in [5.74, 6) is 1.02. The van der Waals surface area contributed by atoms with E-state index in [1.54, 1.807) is 24.3 Å². The number of rotatable bonds is 7. The normalized spacial score (nSPS) is 15.0. The van der Waals surface area contributed by atoms with Crippen LogP contribution < -0.4 is 19.5 Å². The number of carbonyl (C=O) groups excluding carboxylic acids is 2. The predicted molar refractivity (Wildman–Crippen MR) is 102 cm³/mol. The Morgan fingerprint density at radius 2 is 1.82 bits per heavy atom. The van der Waals surface area contributed by atoms with Crippen LogP contribution in [-0.4, -0.2) is 43.8 Å². The van der Waals surface area contributed by atoms with Gasteiger partial charge in [0.1, 0.15) is 18.5 Å². The van der Waals surface area contributed by atoms with Crippen molar-refractivity contribution in [1.29, 1.82) is 0 Å². The molecule has 0 saturated heterocycles. The molecule has 7 nitrogen and oxygen atoms in total. The summed E-state index contributed by atoms with van der Waals surface area (Å²) < 4.78 is 21.9. The van der Waals surface area contributed by atoms with Gasteiger partial charge in [0.25, 0.3) is 5.91 Å². The van der Waals surface area contributed by atoms with Gasteiger partial charge >= 0.3 is 5.97 Å². The minimum absolute atomic E-state index is 0.0496. The third-order valence-corrected chi connectivity index (χ3v) is 3.89. The highest BCUT2D eigenvalue weighted by Crippen LogP contribution is 2.30. The van der Waals surface area contributed by atoms with Crippen molar-refractivity contribution in [2.24, 2.45) is 0 Å². The van der Waals surface area contributed by atoms with Crippen molar-refractivity contribution in [3.63, 3.8) is 0 Å². The lowest BCUT2D eigenvalue weighted by Gasteiger charge is -2.26. The zero-order chi connectivity index (χ0) is 19.9. The first-order valence-corrected chi connectivity index (χ1v) is 9.10. The lowest BCUT2D eigenvalue weighted by molar-refractivity contribution is -0.124. The lowest BCUT2D eigenvalue weighted by atomic mass is 10.2. The highest BCUT2D eigenvalue weighted by atomic mass is 16.6. The second kappa shape index (κ2) is 9.12. The fraction of sp³-hybridized carbons (Fsp3) is 0.333. The molecule has 2 aromatic carbocycles. The predicted octanol–water partition coefficient (Wildman–Crippen LogP) is 2.59. The number of benzene rings is 2. The van der Waals surface area contributed by atoms with E-state index in [1.807, 2.05) is 38.1 Å². The van der Waals surface area contributed by atoms with Crippen molar-refractivity contribution in [3.05, 3.63) is 54.1 Å². The zero-order valence-electron chi connectivity index (χ0n) is 15.8. The van der Waals surface area contributed by atoms with Gasteiger partial charge in [0, 0.05) is 0 Å². The molecule has 0 bridgehead atoms. The van der Waals surface area contributed by atoms with Crippen LogP contribution in [0.3, 0.4) is 0 Å². The molecule has 0 saturated carbocycles. The van der Waals surface area contributed by atoms with Gasteiger partial charge in [-0.3, -0.25) is 4.79 Å². The molecule has 3 rings (SSSR count). The number of hydrogen-bond donors (Lipinski definition) is 1. The van der Waals surface area contributed by atoms with Crippen molar-refractivity contribution in [1.82, 2.24) is 5.32 Å². The van der Waals surface area contributed by atoms with Gasteiger partial charge in [0.2, 0.25) is 0 Å². The average molecular weight is 385 g/mol. The maximum absolute atomic E-state index is 12.0. The minimum atomic E-state index is -0.572. The molecule has 0 aromatic heterocycles. The fourth-order valence-corrected chi connectivity index (χ4v) is 2.60. The van der Waals surface area contributed by atoms with Gasteiger partial charge in [-0.2, -0.15) is 0 Å². The maximum Gasteiger partial charge on any atom is 0.338 e. The van der Waals surface area contributed by atoms with Crippen LogP contribution in [0, 0.1) is 0 Å². The SMILES string of the molecule is CC(C)Oc1ccc(C(=O)OCC(=O)NC[C@@H]2COc3ccccc3O2)cc1. The van der Waals surface area contributed by atoms with Crippen LogP contribution >= 0.6 is 0 Å². The summed E-state index contributed by atoms with van der Waals surface area (Å²) in [6, 6.07) is 13.9. The molecule has 0 aliphatic carbocycles. The van der Waals surface area contributed by atoms with Gasteiger partial charge in [-0.05, 0) is 50.2 Å². The third kappa shape index (κ3) is 5.39. The Kier molecular flexibility index (Phi) is 6.37. The highest BCUT2D eigenvalue weighted by molar-refractivity contribution is 5.91. The summed E-state index contributed by atoms with van der Waals surface area (Å²) in [5.41, 5.74) is 0.351. The first kappa shape index (κ1) is 19.5. The number of hydrogen-bond acceptors (Lipinski definition) is 6. The van der Waals surface area contributed by atoms with Crippen LogP contribution in [0.1, 0.15) is 24.2 Å². The van der Waals surface area contributed by atoms with Crippen LogP contribution in [0.2, 0.25) is 0 Å². The topological polar surface area (TPSA) is 83.1 Å². The van der Waals surface area contributed by atoms with Gasteiger partial charge in [-0.1, -0.05) is 12.1 Å². The molecule has 0 radical (unpaired) electrons. The summed E-state index contributed by atoms with van der Waals surface area (Å²) in [4.78, 5) is 24.0. The number of fused-ring (bicyclic) bond motifs is 1. The molecular weight excluding hydrogens is 362 g/mol. The largest absolute Gasteiger partial charge is 0.491 e. The number of nitrogens with one attached hydrogen (secondary N) is 1. The molecule has 1 atom stereocenters. The standard InChI is InChI=1S/C21H23NO6/c1-14(2)27-16-9-7-15(8-10-16)21(24)26-13-20(23)22-11-17-12-25-18-5-3-4-6-19(18)28-17/h3-10,14,17H,11-13H2,1-2H3,(H,22,23)/t17-/m1/s1. The summed E-state index contributed by atoms with van der Waals surface area (Å²) in [6.07, 6.45) is -0.253. The Morgan fingerprint density at radius 3 is 2.54 bits per heavy atom. The molecule has 1 N–H and O–H groups in total. The number of esters is 1. The van der Waals surface area contributed by atoms with Crippen LogP contribution in [0.4, 0.5) is 0 Å².